The van der Waals surface area contributed by atoms with E-state index in [9.17, 15) is 9.59 Å². The number of benzene rings is 1. The van der Waals surface area contributed by atoms with Gasteiger partial charge < -0.3 is 4.74 Å². The summed E-state index contributed by atoms with van der Waals surface area (Å²) in [7, 11) is 0. The Morgan fingerprint density at radius 2 is 1.80 bits per heavy atom. The van der Waals surface area contributed by atoms with Gasteiger partial charge in [0.2, 0.25) is 5.78 Å². The molecule has 1 aromatic carbocycles. The minimum atomic E-state index is -0.640. The maximum absolute atomic E-state index is 11.8. The minimum absolute atomic E-state index is 0.211. The number of Topliss-reactive ketones (excluding diaryl/α,β-unsaturated/α-hetero) is 1. The van der Waals surface area contributed by atoms with Gasteiger partial charge >= 0.3 is 5.97 Å². The number of rotatable bonds is 4. The van der Waals surface area contributed by atoms with Crippen molar-refractivity contribution in [3.63, 3.8) is 0 Å². The molecule has 2 rings (SSSR count). The van der Waals surface area contributed by atoms with Gasteiger partial charge in [0.1, 0.15) is 0 Å². The molecule has 0 N–H and O–H groups in total. The van der Waals surface area contributed by atoms with E-state index in [1.807, 2.05) is 0 Å². The smallest absolute Gasteiger partial charge is 0.338 e. The van der Waals surface area contributed by atoms with Gasteiger partial charge in [0, 0.05) is 10.0 Å². The first-order valence-corrected chi connectivity index (χ1v) is 7.74. The lowest BCUT2D eigenvalue weighted by molar-refractivity contribution is 0.0476. The number of carbonyl (C=O) groups excluding carboxylic acids is 2. The van der Waals surface area contributed by atoms with Crippen molar-refractivity contribution >= 4 is 62.2 Å². The van der Waals surface area contributed by atoms with Crippen LogP contribution in [-0.2, 0) is 4.74 Å². The third-order valence-electron chi connectivity index (χ3n) is 2.28. The fourth-order valence-electron chi connectivity index (χ4n) is 1.42. The van der Waals surface area contributed by atoms with Crippen molar-refractivity contribution in [1.82, 2.24) is 0 Å². The SMILES string of the molecule is O=C(OCC(=O)c1ccc(Br)s1)c1cc(Cl)cc(Cl)c1. The molecule has 1 aromatic heterocycles. The van der Waals surface area contributed by atoms with Gasteiger partial charge in [0.15, 0.2) is 6.61 Å². The molecule has 0 aliphatic heterocycles. The van der Waals surface area contributed by atoms with Crippen molar-refractivity contribution in [2.45, 2.75) is 0 Å². The zero-order valence-electron chi connectivity index (χ0n) is 9.86. The van der Waals surface area contributed by atoms with Gasteiger partial charge in [-0.2, -0.15) is 0 Å². The summed E-state index contributed by atoms with van der Waals surface area (Å²) in [5.41, 5.74) is 0.211. The van der Waals surface area contributed by atoms with Crippen LogP contribution in [0.3, 0.4) is 0 Å². The zero-order valence-corrected chi connectivity index (χ0v) is 13.8. The summed E-state index contributed by atoms with van der Waals surface area (Å²) < 4.78 is 5.79. The third kappa shape index (κ3) is 4.06. The van der Waals surface area contributed by atoms with Crippen LogP contribution in [0.5, 0.6) is 0 Å². The molecule has 20 heavy (non-hydrogen) atoms. The van der Waals surface area contributed by atoms with Crippen LogP contribution in [0.1, 0.15) is 20.0 Å². The molecule has 0 radical (unpaired) electrons. The Kier molecular flexibility index (Phi) is 5.21. The predicted octanol–water partition coefficient (Wildman–Crippen LogP) is 4.86. The Morgan fingerprint density at radius 1 is 1.15 bits per heavy atom. The van der Waals surface area contributed by atoms with Crippen LogP contribution in [0.2, 0.25) is 10.0 Å². The van der Waals surface area contributed by atoms with E-state index in [1.165, 1.54) is 29.5 Å². The standard InChI is InChI=1S/C13H7BrCl2O3S/c14-12-2-1-11(20-12)10(17)6-19-13(18)7-3-8(15)5-9(16)4-7/h1-5H,6H2. The first kappa shape index (κ1) is 15.5. The molecule has 3 nitrogen and oxygen atoms in total. The number of halogens is 3. The summed E-state index contributed by atoms with van der Waals surface area (Å²) in [4.78, 5) is 24.1. The van der Waals surface area contributed by atoms with Gasteiger partial charge in [-0.05, 0) is 46.3 Å². The molecule has 104 valence electrons. The van der Waals surface area contributed by atoms with Crippen LogP contribution in [0.15, 0.2) is 34.1 Å². The lowest BCUT2D eigenvalue weighted by Crippen LogP contribution is -2.13. The molecule has 0 aliphatic rings. The number of ether oxygens (including phenoxy) is 1. The lowest BCUT2D eigenvalue weighted by Gasteiger charge is -2.04. The van der Waals surface area contributed by atoms with Crippen molar-refractivity contribution in [2.75, 3.05) is 6.61 Å². The van der Waals surface area contributed by atoms with Crippen molar-refractivity contribution in [3.8, 4) is 0 Å². The first-order valence-electron chi connectivity index (χ1n) is 5.37. The minimum Gasteiger partial charge on any atom is -0.454 e. The highest BCUT2D eigenvalue weighted by Gasteiger charge is 2.14. The lowest BCUT2D eigenvalue weighted by atomic mass is 10.2. The first-order chi connectivity index (χ1) is 9.45. The molecule has 0 aliphatic carbocycles. The second kappa shape index (κ2) is 6.72. The van der Waals surface area contributed by atoms with Crippen LogP contribution in [0.25, 0.3) is 0 Å². The summed E-state index contributed by atoms with van der Waals surface area (Å²) in [6.07, 6.45) is 0. The highest BCUT2D eigenvalue weighted by atomic mass is 79.9. The Labute approximate surface area is 137 Å². The maximum Gasteiger partial charge on any atom is 0.338 e. The van der Waals surface area contributed by atoms with Gasteiger partial charge in [0.05, 0.1) is 14.2 Å². The molecule has 0 atom stereocenters. The monoisotopic (exact) mass is 392 g/mol. The van der Waals surface area contributed by atoms with Crippen molar-refractivity contribution in [3.05, 3.63) is 54.6 Å². The van der Waals surface area contributed by atoms with Crippen LogP contribution in [0.4, 0.5) is 0 Å². The normalized spacial score (nSPS) is 10.3. The number of esters is 1. The predicted molar refractivity (Wildman–Crippen MR) is 83.1 cm³/mol. The number of thiophene rings is 1. The Morgan fingerprint density at radius 3 is 2.35 bits per heavy atom. The number of carbonyl (C=O) groups is 2. The van der Waals surface area contributed by atoms with Crippen molar-refractivity contribution in [1.29, 1.82) is 0 Å². The van der Waals surface area contributed by atoms with E-state index >= 15 is 0 Å². The van der Waals surface area contributed by atoms with E-state index in [4.69, 9.17) is 27.9 Å². The summed E-state index contributed by atoms with van der Waals surface area (Å²) in [6, 6.07) is 7.80. The molecular formula is C13H7BrCl2O3S. The Balaban J connectivity index is 2.00. The molecule has 0 saturated carbocycles. The van der Waals surface area contributed by atoms with E-state index < -0.39 is 5.97 Å². The molecule has 0 spiro atoms. The topological polar surface area (TPSA) is 43.4 Å². The molecule has 0 bridgehead atoms. The summed E-state index contributed by atoms with van der Waals surface area (Å²) in [5, 5.41) is 0.663. The highest BCUT2D eigenvalue weighted by molar-refractivity contribution is 9.11. The molecule has 2 aromatic rings. The zero-order chi connectivity index (χ0) is 14.7. The van der Waals surface area contributed by atoms with E-state index in [0.29, 0.717) is 14.9 Å². The second-order valence-corrected chi connectivity index (χ2v) is 7.10. The Hall–Kier alpha value is -0.880. The summed E-state index contributed by atoms with van der Waals surface area (Å²) in [5.74, 6) is -0.902. The van der Waals surface area contributed by atoms with E-state index in [0.717, 1.165) is 3.79 Å². The van der Waals surface area contributed by atoms with Crippen LogP contribution in [0, 0.1) is 0 Å². The van der Waals surface area contributed by atoms with Gasteiger partial charge in [-0.1, -0.05) is 23.2 Å². The molecule has 0 fully saturated rings. The van der Waals surface area contributed by atoms with Crippen molar-refractivity contribution < 1.29 is 14.3 Å². The Bertz CT molecular complexity index is 649. The number of hydrogen-bond acceptors (Lipinski definition) is 4. The van der Waals surface area contributed by atoms with Crippen LogP contribution in [-0.4, -0.2) is 18.4 Å². The average molecular weight is 394 g/mol. The van der Waals surface area contributed by atoms with Gasteiger partial charge in [0.25, 0.3) is 0 Å². The van der Waals surface area contributed by atoms with Gasteiger partial charge in [-0.25, -0.2) is 4.79 Å². The molecule has 0 amide bonds. The van der Waals surface area contributed by atoms with Crippen LogP contribution < -0.4 is 0 Å². The fraction of sp³-hybridized carbons (Fsp3) is 0.0769. The fourth-order valence-corrected chi connectivity index (χ4v) is 3.26. The highest BCUT2D eigenvalue weighted by Crippen LogP contribution is 2.23. The summed E-state index contributed by atoms with van der Waals surface area (Å²) in [6.45, 7) is -0.323. The van der Waals surface area contributed by atoms with E-state index in [2.05, 4.69) is 15.9 Å². The second-order valence-electron chi connectivity index (χ2n) is 3.76. The quantitative estimate of drug-likeness (QED) is 0.550. The number of hydrogen-bond donors (Lipinski definition) is 0. The molecule has 0 saturated heterocycles. The average Bonchev–Trinajstić information content (AvgIpc) is 2.81. The molecule has 7 heteroatoms. The molecule has 0 unspecified atom stereocenters. The largest absolute Gasteiger partial charge is 0.454 e. The van der Waals surface area contributed by atoms with E-state index in [1.54, 1.807) is 12.1 Å². The molecular weight excluding hydrogens is 387 g/mol. The van der Waals surface area contributed by atoms with Crippen molar-refractivity contribution in [2.24, 2.45) is 0 Å². The number of ketones is 1. The third-order valence-corrected chi connectivity index (χ3v) is 4.38. The van der Waals surface area contributed by atoms with Crippen LogP contribution >= 0.6 is 50.5 Å². The van der Waals surface area contributed by atoms with Gasteiger partial charge in [-0.15, -0.1) is 11.3 Å². The molecule has 1 heterocycles. The maximum atomic E-state index is 11.8. The van der Waals surface area contributed by atoms with E-state index in [-0.39, 0.29) is 18.0 Å². The summed E-state index contributed by atoms with van der Waals surface area (Å²) >= 11 is 16.1. The van der Waals surface area contributed by atoms with Gasteiger partial charge in [-0.3, -0.25) is 4.79 Å².